The number of hydrogen-bond acceptors (Lipinski definition) is 6. The maximum absolute atomic E-state index is 12.9. The highest BCUT2D eigenvalue weighted by Gasteiger charge is 2.23. The molecule has 1 saturated heterocycles. The van der Waals surface area contributed by atoms with Gasteiger partial charge in [0, 0.05) is 72.8 Å². The lowest BCUT2D eigenvalue weighted by atomic mass is 10.1. The van der Waals surface area contributed by atoms with Crippen molar-refractivity contribution >= 4 is 52.0 Å². The van der Waals surface area contributed by atoms with Gasteiger partial charge in [-0.15, -0.1) is 0 Å². The number of nitrogens with one attached hydrogen (secondary N) is 4. The van der Waals surface area contributed by atoms with E-state index in [2.05, 4.69) is 38.3 Å². The molecule has 0 radical (unpaired) electrons. The summed E-state index contributed by atoms with van der Waals surface area (Å²) >= 11 is 12.8. The van der Waals surface area contributed by atoms with Crippen molar-refractivity contribution in [3.63, 3.8) is 0 Å². The van der Waals surface area contributed by atoms with Crippen LogP contribution in [0.3, 0.4) is 0 Å². The first-order valence-electron chi connectivity index (χ1n) is 11.4. The predicted molar refractivity (Wildman–Crippen MR) is 139 cm³/mol. The lowest BCUT2D eigenvalue weighted by Gasteiger charge is -2.29. The van der Waals surface area contributed by atoms with Crippen LogP contribution in [0.25, 0.3) is 0 Å². The van der Waals surface area contributed by atoms with E-state index in [0.717, 1.165) is 48.8 Å². The molecule has 4 N–H and O–H groups in total. The number of amides is 1. The number of hydrogen-bond donors (Lipinski definition) is 4. The van der Waals surface area contributed by atoms with Crippen LogP contribution in [0.5, 0.6) is 0 Å². The fourth-order valence-corrected chi connectivity index (χ4v) is 4.84. The van der Waals surface area contributed by atoms with E-state index in [0.29, 0.717) is 40.9 Å². The van der Waals surface area contributed by atoms with Gasteiger partial charge in [0.25, 0.3) is 5.91 Å². The fraction of sp³-hybridized carbons (Fsp3) is 0.280. The van der Waals surface area contributed by atoms with Gasteiger partial charge in [-0.2, -0.15) is 0 Å². The van der Waals surface area contributed by atoms with Crippen molar-refractivity contribution in [3.05, 3.63) is 75.4 Å². The van der Waals surface area contributed by atoms with Crippen molar-refractivity contribution in [3.8, 4) is 0 Å². The first-order chi connectivity index (χ1) is 16.6. The van der Waals surface area contributed by atoms with Crippen LogP contribution >= 0.6 is 23.2 Å². The molecule has 2 aliphatic heterocycles. The normalized spacial score (nSPS) is 15.7. The summed E-state index contributed by atoms with van der Waals surface area (Å²) in [5.41, 5.74) is 4.85. The molecule has 0 atom stereocenters. The SMILES string of the molecule is O=C1NCCNc2cc(Cc3c(Cl)cccc3Cl)nc(Nc3ccc(N4CCNCC4)cc3)c21. The van der Waals surface area contributed by atoms with Gasteiger partial charge in [-0.1, -0.05) is 29.3 Å². The predicted octanol–water partition coefficient (Wildman–Crippen LogP) is 4.29. The van der Waals surface area contributed by atoms with Gasteiger partial charge >= 0.3 is 0 Å². The monoisotopic (exact) mass is 496 g/mol. The number of carbonyl (C=O) groups excluding carboxylic acids is 1. The topological polar surface area (TPSA) is 81.3 Å². The van der Waals surface area contributed by atoms with E-state index in [1.807, 2.05) is 36.4 Å². The second-order valence-electron chi connectivity index (χ2n) is 8.35. The molecular formula is C25H26Cl2N6O. The Morgan fingerprint density at radius 2 is 1.65 bits per heavy atom. The average Bonchev–Trinajstić information content (AvgIpc) is 3.04. The first-order valence-corrected chi connectivity index (χ1v) is 12.2. The molecule has 2 aliphatic rings. The molecule has 0 aliphatic carbocycles. The van der Waals surface area contributed by atoms with Crippen LogP contribution in [0.1, 0.15) is 21.6 Å². The summed E-state index contributed by atoms with van der Waals surface area (Å²) in [6.07, 6.45) is 0.450. The van der Waals surface area contributed by atoms with Gasteiger partial charge in [0.2, 0.25) is 0 Å². The largest absolute Gasteiger partial charge is 0.382 e. The maximum atomic E-state index is 12.9. The van der Waals surface area contributed by atoms with Crippen molar-refractivity contribution in [2.24, 2.45) is 0 Å². The van der Waals surface area contributed by atoms with E-state index in [1.165, 1.54) is 5.69 Å². The van der Waals surface area contributed by atoms with Crippen molar-refractivity contribution in [2.45, 2.75) is 6.42 Å². The summed E-state index contributed by atoms with van der Waals surface area (Å²) < 4.78 is 0. The molecular weight excluding hydrogens is 471 g/mol. The number of anilines is 4. The Labute approximate surface area is 208 Å². The Morgan fingerprint density at radius 3 is 2.38 bits per heavy atom. The number of nitrogens with zero attached hydrogens (tertiary/aromatic N) is 2. The highest BCUT2D eigenvalue weighted by atomic mass is 35.5. The number of rotatable bonds is 5. The Morgan fingerprint density at radius 1 is 0.941 bits per heavy atom. The molecule has 0 bridgehead atoms. The summed E-state index contributed by atoms with van der Waals surface area (Å²) in [5, 5.41) is 14.2. The number of fused-ring (bicyclic) bond motifs is 1. The molecule has 0 spiro atoms. The fourth-order valence-electron chi connectivity index (χ4n) is 4.31. The van der Waals surface area contributed by atoms with E-state index in [4.69, 9.17) is 28.2 Å². The van der Waals surface area contributed by atoms with Gasteiger partial charge in [-0.05, 0) is 48.0 Å². The second-order valence-corrected chi connectivity index (χ2v) is 9.17. The molecule has 1 fully saturated rings. The van der Waals surface area contributed by atoms with Crippen molar-refractivity contribution < 1.29 is 4.79 Å². The van der Waals surface area contributed by atoms with E-state index in [-0.39, 0.29) is 5.91 Å². The minimum absolute atomic E-state index is 0.158. The van der Waals surface area contributed by atoms with Crippen LogP contribution in [0.15, 0.2) is 48.5 Å². The second kappa shape index (κ2) is 10.1. The number of aromatic nitrogens is 1. The third-order valence-electron chi connectivity index (χ3n) is 6.06. The number of halogens is 2. The summed E-state index contributed by atoms with van der Waals surface area (Å²) in [6, 6.07) is 15.6. The van der Waals surface area contributed by atoms with Gasteiger partial charge in [-0.3, -0.25) is 4.79 Å². The van der Waals surface area contributed by atoms with Crippen molar-refractivity contribution in [1.82, 2.24) is 15.6 Å². The number of carbonyl (C=O) groups is 1. The molecule has 2 aromatic carbocycles. The van der Waals surface area contributed by atoms with Gasteiger partial charge in [-0.25, -0.2) is 4.98 Å². The molecule has 9 heteroatoms. The maximum Gasteiger partial charge on any atom is 0.257 e. The minimum Gasteiger partial charge on any atom is -0.382 e. The van der Waals surface area contributed by atoms with Crippen LogP contribution in [0.4, 0.5) is 22.9 Å². The summed E-state index contributed by atoms with van der Waals surface area (Å²) in [7, 11) is 0. The molecule has 3 aromatic rings. The van der Waals surface area contributed by atoms with Gasteiger partial charge in [0.1, 0.15) is 11.4 Å². The number of pyridine rings is 1. The van der Waals surface area contributed by atoms with Crippen molar-refractivity contribution in [2.75, 3.05) is 54.8 Å². The molecule has 5 rings (SSSR count). The Bertz CT molecular complexity index is 1170. The molecule has 3 heterocycles. The summed E-state index contributed by atoms with van der Waals surface area (Å²) in [5.74, 6) is 0.340. The average molecular weight is 497 g/mol. The molecule has 176 valence electrons. The standard InChI is InChI=1S/C25H26Cl2N6O/c26-20-2-1-3-21(27)19(20)14-17-15-22-23(25(34)30-9-8-29-22)24(32-17)31-16-4-6-18(7-5-16)33-12-10-28-11-13-33/h1-7,15,28-29H,8-14H2,(H,30,34)(H,31,32). The quantitative estimate of drug-likeness (QED) is 0.421. The zero-order valence-electron chi connectivity index (χ0n) is 18.6. The summed E-state index contributed by atoms with van der Waals surface area (Å²) in [6.45, 7) is 5.12. The van der Waals surface area contributed by atoms with Crippen LogP contribution in [-0.4, -0.2) is 50.2 Å². The minimum atomic E-state index is -0.158. The first kappa shape index (κ1) is 22.8. The van der Waals surface area contributed by atoms with Crippen LogP contribution in [-0.2, 0) is 6.42 Å². The zero-order chi connectivity index (χ0) is 23.5. The van der Waals surface area contributed by atoms with E-state index in [1.54, 1.807) is 0 Å². The highest BCUT2D eigenvalue weighted by Crippen LogP contribution is 2.32. The van der Waals surface area contributed by atoms with E-state index < -0.39 is 0 Å². The highest BCUT2D eigenvalue weighted by molar-refractivity contribution is 6.36. The van der Waals surface area contributed by atoms with E-state index in [9.17, 15) is 4.79 Å². The van der Waals surface area contributed by atoms with Crippen LogP contribution in [0, 0.1) is 0 Å². The van der Waals surface area contributed by atoms with Gasteiger partial charge < -0.3 is 26.2 Å². The lowest BCUT2D eigenvalue weighted by molar-refractivity contribution is 0.0958. The Hall–Kier alpha value is -3.00. The van der Waals surface area contributed by atoms with E-state index >= 15 is 0 Å². The Balaban J connectivity index is 1.47. The number of benzene rings is 2. The van der Waals surface area contributed by atoms with Crippen LogP contribution in [0.2, 0.25) is 10.0 Å². The van der Waals surface area contributed by atoms with Gasteiger partial charge in [0.15, 0.2) is 0 Å². The third kappa shape index (κ3) is 4.92. The summed E-state index contributed by atoms with van der Waals surface area (Å²) in [4.78, 5) is 20.0. The Kier molecular flexibility index (Phi) is 6.76. The lowest BCUT2D eigenvalue weighted by Crippen LogP contribution is -2.43. The van der Waals surface area contributed by atoms with Crippen molar-refractivity contribution in [1.29, 1.82) is 0 Å². The molecule has 7 nitrogen and oxygen atoms in total. The molecule has 1 aromatic heterocycles. The third-order valence-corrected chi connectivity index (χ3v) is 6.77. The van der Waals surface area contributed by atoms with Gasteiger partial charge in [0.05, 0.1) is 5.69 Å². The molecule has 34 heavy (non-hydrogen) atoms. The zero-order valence-corrected chi connectivity index (χ0v) is 20.1. The molecule has 0 saturated carbocycles. The van der Waals surface area contributed by atoms with Crippen LogP contribution < -0.4 is 26.2 Å². The number of piperazine rings is 1. The molecule has 1 amide bonds. The smallest absolute Gasteiger partial charge is 0.257 e. The molecule has 0 unspecified atom stereocenters.